The van der Waals surface area contributed by atoms with Gasteiger partial charge in [0.2, 0.25) is 0 Å². The van der Waals surface area contributed by atoms with Gasteiger partial charge in [0, 0.05) is 42.7 Å². The third-order valence-electron chi connectivity index (χ3n) is 6.43. The molecule has 6 heteroatoms. The van der Waals surface area contributed by atoms with E-state index in [0.29, 0.717) is 44.0 Å². The van der Waals surface area contributed by atoms with Gasteiger partial charge < -0.3 is 19.6 Å². The fraction of sp³-hybridized carbons (Fsp3) is 0.619. The Morgan fingerprint density at radius 1 is 0.926 bits per heavy atom. The van der Waals surface area contributed by atoms with Crippen LogP contribution < -0.4 is 0 Å². The van der Waals surface area contributed by atoms with Crippen molar-refractivity contribution in [3.8, 4) is 0 Å². The topological polar surface area (TPSA) is 70.1 Å². The van der Waals surface area contributed by atoms with Crippen LogP contribution in [-0.2, 0) is 4.74 Å². The number of aliphatic hydroxyl groups excluding tert-OH is 1. The lowest BCUT2D eigenvalue weighted by Gasteiger charge is -2.42. The Kier molecular flexibility index (Phi) is 5.19. The summed E-state index contributed by atoms with van der Waals surface area (Å²) < 4.78 is 5.29. The van der Waals surface area contributed by atoms with E-state index in [9.17, 15) is 14.7 Å². The van der Waals surface area contributed by atoms with Crippen molar-refractivity contribution in [2.45, 2.75) is 38.2 Å². The molecule has 146 valence electrons. The maximum atomic E-state index is 13.0. The Hall–Kier alpha value is -1.92. The average molecular weight is 372 g/mol. The summed E-state index contributed by atoms with van der Waals surface area (Å²) in [5.41, 5.74) is 1.10. The molecule has 1 aromatic rings. The molecular formula is C21H28N2O4. The predicted molar refractivity (Wildman–Crippen MR) is 101 cm³/mol. The van der Waals surface area contributed by atoms with Crippen LogP contribution in [0.3, 0.4) is 0 Å². The zero-order chi connectivity index (χ0) is 18.9. The Labute approximate surface area is 160 Å². The molecule has 1 N–H and O–H groups in total. The molecule has 4 rings (SSSR count). The van der Waals surface area contributed by atoms with Crippen LogP contribution in [0.1, 0.15) is 52.8 Å². The molecule has 2 aliphatic heterocycles. The van der Waals surface area contributed by atoms with Crippen molar-refractivity contribution in [3.63, 3.8) is 0 Å². The first-order valence-corrected chi connectivity index (χ1v) is 10.0. The van der Waals surface area contributed by atoms with E-state index >= 15 is 0 Å². The van der Waals surface area contributed by atoms with Gasteiger partial charge in [0.15, 0.2) is 0 Å². The van der Waals surface area contributed by atoms with E-state index in [0.717, 1.165) is 38.6 Å². The number of carbonyl (C=O) groups excluding carboxylic acids is 2. The van der Waals surface area contributed by atoms with Crippen LogP contribution in [0.2, 0.25) is 0 Å². The van der Waals surface area contributed by atoms with Gasteiger partial charge in [0.1, 0.15) is 0 Å². The van der Waals surface area contributed by atoms with Crippen molar-refractivity contribution in [2.75, 3.05) is 39.4 Å². The van der Waals surface area contributed by atoms with Gasteiger partial charge in [-0.3, -0.25) is 9.59 Å². The zero-order valence-corrected chi connectivity index (χ0v) is 15.7. The largest absolute Gasteiger partial charge is 0.392 e. The SMILES string of the molecule is O=C(c1ccc(C(=O)N2CCC[C@]3(CCC[C@H]3O)C2)cc1)N1CCOCC1. The number of rotatable bonds is 2. The molecule has 2 amide bonds. The summed E-state index contributed by atoms with van der Waals surface area (Å²) in [4.78, 5) is 29.2. The molecule has 0 radical (unpaired) electrons. The summed E-state index contributed by atoms with van der Waals surface area (Å²) in [6.45, 7) is 3.74. The molecule has 0 aromatic heterocycles. The summed E-state index contributed by atoms with van der Waals surface area (Å²) >= 11 is 0. The lowest BCUT2D eigenvalue weighted by molar-refractivity contribution is -0.00536. The Bertz CT molecular complexity index is 699. The Morgan fingerprint density at radius 2 is 1.52 bits per heavy atom. The van der Waals surface area contributed by atoms with Crippen LogP contribution in [0.25, 0.3) is 0 Å². The summed E-state index contributed by atoms with van der Waals surface area (Å²) in [7, 11) is 0. The third kappa shape index (κ3) is 3.60. The van der Waals surface area contributed by atoms with Crippen LogP contribution in [0.15, 0.2) is 24.3 Å². The number of likely N-dealkylation sites (tertiary alicyclic amines) is 1. The highest BCUT2D eigenvalue weighted by atomic mass is 16.5. The molecule has 3 fully saturated rings. The fourth-order valence-corrected chi connectivity index (χ4v) is 4.82. The van der Waals surface area contributed by atoms with Crippen molar-refractivity contribution in [2.24, 2.45) is 5.41 Å². The van der Waals surface area contributed by atoms with E-state index in [1.54, 1.807) is 29.2 Å². The number of amides is 2. The molecule has 27 heavy (non-hydrogen) atoms. The first-order chi connectivity index (χ1) is 13.1. The van der Waals surface area contributed by atoms with Gasteiger partial charge in [-0.25, -0.2) is 0 Å². The molecule has 0 unspecified atom stereocenters. The van der Waals surface area contributed by atoms with Crippen LogP contribution in [0, 0.1) is 5.41 Å². The molecular weight excluding hydrogens is 344 g/mol. The minimum absolute atomic E-state index is 0.00135. The number of carbonyl (C=O) groups is 2. The summed E-state index contributed by atoms with van der Waals surface area (Å²) in [5.74, 6) is -0.0122. The quantitative estimate of drug-likeness (QED) is 0.861. The smallest absolute Gasteiger partial charge is 0.254 e. The highest BCUT2D eigenvalue weighted by Gasteiger charge is 2.45. The maximum Gasteiger partial charge on any atom is 0.254 e. The molecule has 3 aliphatic rings. The maximum absolute atomic E-state index is 13.0. The van der Waals surface area contributed by atoms with E-state index in [-0.39, 0.29) is 23.3 Å². The Balaban J connectivity index is 1.44. The highest BCUT2D eigenvalue weighted by molar-refractivity contribution is 5.98. The summed E-state index contributed by atoms with van der Waals surface area (Å²) in [5, 5.41) is 10.4. The number of nitrogens with zero attached hydrogens (tertiary/aromatic N) is 2. The predicted octanol–water partition coefficient (Wildman–Crippen LogP) is 1.93. The zero-order valence-electron chi connectivity index (χ0n) is 15.7. The molecule has 1 aliphatic carbocycles. The van der Waals surface area contributed by atoms with Crippen molar-refractivity contribution in [1.29, 1.82) is 0 Å². The monoisotopic (exact) mass is 372 g/mol. The molecule has 2 atom stereocenters. The third-order valence-corrected chi connectivity index (χ3v) is 6.43. The van der Waals surface area contributed by atoms with Gasteiger partial charge >= 0.3 is 0 Å². The molecule has 6 nitrogen and oxygen atoms in total. The van der Waals surface area contributed by atoms with Gasteiger partial charge in [-0.05, 0) is 49.9 Å². The van der Waals surface area contributed by atoms with Gasteiger partial charge in [0.25, 0.3) is 11.8 Å². The van der Waals surface area contributed by atoms with E-state index < -0.39 is 0 Å². The number of piperidine rings is 1. The summed E-state index contributed by atoms with van der Waals surface area (Å²) in [6, 6.07) is 7.00. The first-order valence-electron chi connectivity index (χ1n) is 10.0. The highest BCUT2D eigenvalue weighted by Crippen LogP contribution is 2.45. The molecule has 1 spiro atoms. The van der Waals surface area contributed by atoms with Gasteiger partial charge in [-0.15, -0.1) is 0 Å². The lowest BCUT2D eigenvalue weighted by atomic mass is 9.76. The van der Waals surface area contributed by atoms with Crippen LogP contribution >= 0.6 is 0 Å². The van der Waals surface area contributed by atoms with Crippen molar-refractivity contribution in [1.82, 2.24) is 9.80 Å². The minimum Gasteiger partial charge on any atom is -0.392 e. The molecule has 1 aromatic carbocycles. The molecule has 2 heterocycles. The number of benzene rings is 1. The van der Waals surface area contributed by atoms with Gasteiger partial charge in [0.05, 0.1) is 19.3 Å². The van der Waals surface area contributed by atoms with E-state index in [1.807, 2.05) is 4.90 Å². The second-order valence-electron chi connectivity index (χ2n) is 8.08. The van der Waals surface area contributed by atoms with E-state index in [2.05, 4.69) is 0 Å². The number of morpholine rings is 1. The van der Waals surface area contributed by atoms with Crippen molar-refractivity contribution < 1.29 is 19.4 Å². The van der Waals surface area contributed by atoms with E-state index in [1.165, 1.54) is 0 Å². The Morgan fingerprint density at radius 3 is 2.11 bits per heavy atom. The van der Waals surface area contributed by atoms with Crippen molar-refractivity contribution >= 4 is 11.8 Å². The van der Waals surface area contributed by atoms with Crippen LogP contribution in [0.5, 0.6) is 0 Å². The first kappa shape index (κ1) is 18.4. The normalized spacial score (nSPS) is 28.6. The molecule has 2 saturated heterocycles. The number of hydrogen-bond donors (Lipinski definition) is 1. The van der Waals surface area contributed by atoms with Crippen LogP contribution in [-0.4, -0.2) is 72.2 Å². The molecule has 1 saturated carbocycles. The van der Waals surface area contributed by atoms with Crippen molar-refractivity contribution in [3.05, 3.63) is 35.4 Å². The molecule has 0 bridgehead atoms. The van der Waals surface area contributed by atoms with Gasteiger partial charge in [-0.2, -0.15) is 0 Å². The van der Waals surface area contributed by atoms with E-state index in [4.69, 9.17) is 4.74 Å². The average Bonchev–Trinajstić information content (AvgIpc) is 3.07. The second-order valence-corrected chi connectivity index (χ2v) is 8.08. The summed E-state index contributed by atoms with van der Waals surface area (Å²) in [6.07, 6.45) is 4.55. The number of ether oxygens (including phenoxy) is 1. The number of hydrogen-bond acceptors (Lipinski definition) is 4. The minimum atomic E-state index is -0.290. The standard InChI is InChI=1S/C21H28N2O4/c24-18-3-1-8-21(18)9-2-10-23(15-21)20(26)17-6-4-16(5-7-17)19(25)22-11-13-27-14-12-22/h4-7,18,24H,1-3,8-15H2/t18-,21-/m1/s1. The number of aliphatic hydroxyl groups is 1. The van der Waals surface area contributed by atoms with Crippen LogP contribution in [0.4, 0.5) is 0 Å². The lowest BCUT2D eigenvalue weighted by Crippen LogP contribution is -2.49. The second kappa shape index (κ2) is 7.60. The van der Waals surface area contributed by atoms with Gasteiger partial charge in [-0.1, -0.05) is 6.42 Å². The fourth-order valence-electron chi connectivity index (χ4n) is 4.82.